The van der Waals surface area contributed by atoms with Crippen LogP contribution in [0.2, 0.25) is 0 Å². The minimum absolute atomic E-state index is 0. The number of carbonyl (C=O) groups excluding carboxylic acids is 3. The van der Waals surface area contributed by atoms with Crippen molar-refractivity contribution in [3.8, 4) is 0 Å². The molecule has 0 aromatic heterocycles. The molecule has 0 heterocycles. The molecule has 0 amide bonds. The SMILES string of the molecule is O=C(CS)OCc1ccccc1.O=C(CS)OCc1ccccc1.O=C(CS)OCc1ccccc1.[Sb]. The van der Waals surface area contributed by atoms with E-state index in [1.165, 1.54) is 0 Å². The van der Waals surface area contributed by atoms with E-state index in [1.54, 1.807) is 0 Å². The molecule has 3 aromatic carbocycles. The van der Waals surface area contributed by atoms with Crippen molar-refractivity contribution in [2.45, 2.75) is 19.8 Å². The molecule has 0 spiro atoms. The molecule has 3 aromatic rings. The van der Waals surface area contributed by atoms with Gasteiger partial charge in [0.1, 0.15) is 19.8 Å². The Balaban J connectivity index is 0.000000518. The third-order valence-corrected chi connectivity index (χ3v) is 4.89. The molecule has 197 valence electrons. The van der Waals surface area contributed by atoms with Gasteiger partial charge in [0.25, 0.3) is 0 Å². The normalized spacial score (nSPS) is 9.16. The summed E-state index contributed by atoms with van der Waals surface area (Å²) in [5, 5.41) is 0. The second-order valence-corrected chi connectivity index (χ2v) is 7.86. The van der Waals surface area contributed by atoms with Crippen molar-refractivity contribution in [2.24, 2.45) is 0 Å². The number of carbonyl (C=O) groups is 3. The average Bonchev–Trinajstić information content (AvgIpc) is 2.95. The maximum atomic E-state index is 10.7. The van der Waals surface area contributed by atoms with Gasteiger partial charge in [-0.3, -0.25) is 14.4 Å². The van der Waals surface area contributed by atoms with Crippen LogP contribution in [0.1, 0.15) is 16.7 Å². The van der Waals surface area contributed by atoms with Crippen LogP contribution in [-0.4, -0.2) is 59.6 Å². The summed E-state index contributed by atoms with van der Waals surface area (Å²) in [7, 11) is 0. The summed E-state index contributed by atoms with van der Waals surface area (Å²) in [6, 6.07) is 28.7. The second kappa shape index (κ2) is 23.1. The molecule has 0 saturated heterocycles. The molecule has 10 heteroatoms. The number of ether oxygens (including phenoxy) is 3. The molecule has 0 fully saturated rings. The van der Waals surface area contributed by atoms with E-state index in [9.17, 15) is 14.4 Å². The minimum atomic E-state index is -0.290. The molecule has 0 aliphatic heterocycles. The summed E-state index contributed by atoms with van der Waals surface area (Å²) < 4.78 is 14.6. The van der Waals surface area contributed by atoms with E-state index in [-0.39, 0.29) is 59.6 Å². The Labute approximate surface area is 252 Å². The fraction of sp³-hybridized carbons (Fsp3) is 0.222. The van der Waals surface area contributed by atoms with E-state index in [4.69, 9.17) is 14.2 Å². The van der Waals surface area contributed by atoms with Gasteiger partial charge in [-0.05, 0) is 16.7 Å². The van der Waals surface area contributed by atoms with Crippen LogP contribution in [0.25, 0.3) is 0 Å². The Kier molecular flexibility index (Phi) is 21.8. The molecular formula is C27H30O6S3Sb. The fourth-order valence-corrected chi connectivity index (χ4v) is 2.62. The van der Waals surface area contributed by atoms with Gasteiger partial charge in [-0.25, -0.2) is 0 Å². The Hall–Kier alpha value is -2.06. The summed E-state index contributed by atoms with van der Waals surface area (Å²) in [6.07, 6.45) is 0. The quantitative estimate of drug-likeness (QED) is 0.134. The number of hydrogen-bond donors (Lipinski definition) is 3. The number of hydrogen-bond acceptors (Lipinski definition) is 9. The molecule has 0 aliphatic carbocycles. The first-order chi connectivity index (χ1) is 17.5. The van der Waals surface area contributed by atoms with Gasteiger partial charge in [-0.1, -0.05) is 91.0 Å². The van der Waals surface area contributed by atoms with Gasteiger partial charge in [-0.15, -0.1) is 0 Å². The van der Waals surface area contributed by atoms with Crippen LogP contribution in [0.5, 0.6) is 0 Å². The van der Waals surface area contributed by atoms with Crippen molar-refractivity contribution < 1.29 is 28.6 Å². The zero-order valence-corrected chi connectivity index (χ0v) is 25.4. The Morgan fingerprint density at radius 1 is 0.459 bits per heavy atom. The zero-order chi connectivity index (χ0) is 26.4. The summed E-state index contributed by atoms with van der Waals surface area (Å²) in [5.41, 5.74) is 2.98. The molecule has 0 unspecified atom stereocenters. The smallest absolute Gasteiger partial charge is 0.315 e. The Morgan fingerprint density at radius 3 is 0.865 bits per heavy atom. The van der Waals surface area contributed by atoms with E-state index in [1.807, 2.05) is 91.0 Å². The van der Waals surface area contributed by atoms with Crippen molar-refractivity contribution in [1.29, 1.82) is 0 Å². The van der Waals surface area contributed by atoms with Gasteiger partial charge >= 0.3 is 17.9 Å². The van der Waals surface area contributed by atoms with Crippen LogP contribution < -0.4 is 0 Å². The van der Waals surface area contributed by atoms with Gasteiger partial charge in [0.05, 0.1) is 17.3 Å². The number of thiol groups is 3. The van der Waals surface area contributed by atoms with Gasteiger partial charge in [0.15, 0.2) is 0 Å². The monoisotopic (exact) mass is 667 g/mol. The predicted octanol–water partition coefficient (Wildman–Crippen LogP) is 4.60. The topological polar surface area (TPSA) is 78.9 Å². The average molecular weight is 668 g/mol. The summed E-state index contributed by atoms with van der Waals surface area (Å²) in [5.74, 6) is -0.474. The van der Waals surface area contributed by atoms with E-state index in [0.717, 1.165) is 16.7 Å². The van der Waals surface area contributed by atoms with Crippen LogP contribution in [0.15, 0.2) is 91.0 Å². The van der Waals surface area contributed by atoms with E-state index < -0.39 is 0 Å². The maximum Gasteiger partial charge on any atom is 0.315 e. The summed E-state index contributed by atoms with van der Waals surface area (Å²) in [4.78, 5) is 32.1. The van der Waals surface area contributed by atoms with Crippen LogP contribution in [0.3, 0.4) is 0 Å². The summed E-state index contributed by atoms with van der Waals surface area (Å²) in [6.45, 7) is 1.00. The molecule has 0 N–H and O–H groups in total. The second-order valence-electron chi connectivity index (χ2n) is 6.91. The molecule has 0 bridgehead atoms. The predicted molar refractivity (Wildman–Crippen MR) is 156 cm³/mol. The Morgan fingerprint density at radius 2 is 0.676 bits per heavy atom. The minimum Gasteiger partial charge on any atom is -0.460 e. The van der Waals surface area contributed by atoms with E-state index in [2.05, 4.69) is 37.9 Å². The van der Waals surface area contributed by atoms with E-state index >= 15 is 0 Å². The summed E-state index contributed by atoms with van der Waals surface area (Å²) >= 11 is 11.4. The van der Waals surface area contributed by atoms with Crippen LogP contribution in [-0.2, 0) is 48.4 Å². The molecule has 3 radical (unpaired) electrons. The maximum absolute atomic E-state index is 10.7. The van der Waals surface area contributed by atoms with Crippen molar-refractivity contribution in [3.63, 3.8) is 0 Å². The van der Waals surface area contributed by atoms with Crippen molar-refractivity contribution >= 4 is 80.2 Å². The van der Waals surface area contributed by atoms with Gasteiger partial charge in [-0.2, -0.15) is 37.9 Å². The van der Waals surface area contributed by atoms with Gasteiger partial charge in [0.2, 0.25) is 0 Å². The standard InChI is InChI=1S/3C9H10O2S.Sb/c3*10-9(7-12)11-6-8-4-2-1-3-5-8;/h3*1-5,12H,6-7H2;. The first kappa shape index (κ1) is 34.9. The number of rotatable bonds is 9. The molecular weight excluding hydrogens is 638 g/mol. The molecule has 0 atom stereocenters. The largest absolute Gasteiger partial charge is 0.460 e. The molecule has 6 nitrogen and oxygen atoms in total. The third kappa shape index (κ3) is 18.8. The Bertz CT molecular complexity index is 876. The van der Waals surface area contributed by atoms with Crippen molar-refractivity contribution in [1.82, 2.24) is 0 Å². The number of benzene rings is 3. The molecule has 3 rings (SSSR count). The van der Waals surface area contributed by atoms with Crippen LogP contribution in [0.4, 0.5) is 0 Å². The number of esters is 3. The molecule has 0 saturated carbocycles. The van der Waals surface area contributed by atoms with Crippen molar-refractivity contribution in [2.75, 3.05) is 17.3 Å². The van der Waals surface area contributed by atoms with Gasteiger partial charge < -0.3 is 14.2 Å². The van der Waals surface area contributed by atoms with Gasteiger partial charge in [0, 0.05) is 24.4 Å². The van der Waals surface area contributed by atoms with Crippen LogP contribution in [0, 0.1) is 0 Å². The van der Waals surface area contributed by atoms with Crippen molar-refractivity contribution in [3.05, 3.63) is 108 Å². The first-order valence-corrected chi connectivity index (χ1v) is 12.8. The zero-order valence-electron chi connectivity index (χ0n) is 20.1. The third-order valence-electron chi connectivity index (χ3n) is 4.12. The van der Waals surface area contributed by atoms with E-state index in [0.29, 0.717) is 19.8 Å². The first-order valence-electron chi connectivity index (χ1n) is 10.9. The molecule has 37 heavy (non-hydrogen) atoms. The van der Waals surface area contributed by atoms with Crippen LogP contribution >= 0.6 is 37.9 Å². The fourth-order valence-electron chi connectivity index (χ4n) is 2.35. The molecule has 0 aliphatic rings.